The van der Waals surface area contributed by atoms with Gasteiger partial charge in [-0.25, -0.2) is 4.68 Å². The van der Waals surface area contributed by atoms with Crippen LogP contribution in [0.1, 0.15) is 19.9 Å². The van der Waals surface area contributed by atoms with Gasteiger partial charge in [0.05, 0.1) is 6.20 Å². The van der Waals surface area contributed by atoms with Crippen molar-refractivity contribution < 1.29 is 0 Å². The lowest BCUT2D eigenvalue weighted by atomic mass is 10.4. The first-order valence-corrected chi connectivity index (χ1v) is 4.42. The monoisotopic (exact) mass is 157 g/mol. The quantitative estimate of drug-likeness (QED) is 0.611. The lowest BCUT2D eigenvalue weighted by Crippen LogP contribution is -2.00. The Hall–Kier alpha value is -0.510. The molecular formula is C6H11N3S. The Balaban J connectivity index is 2.78. The summed E-state index contributed by atoms with van der Waals surface area (Å²) in [6.45, 7) is 4.16. The van der Waals surface area contributed by atoms with E-state index in [1.807, 2.05) is 17.1 Å². The second-order valence-corrected chi connectivity index (χ2v) is 3.16. The molecule has 0 aliphatic heterocycles. The van der Waals surface area contributed by atoms with Gasteiger partial charge in [-0.1, -0.05) is 5.21 Å². The smallest absolute Gasteiger partial charge is 0.138 e. The fourth-order valence-corrected chi connectivity index (χ4v) is 0.938. The normalized spacial score (nSPS) is 10.8. The molecule has 0 atom stereocenters. The molecule has 3 nitrogen and oxygen atoms in total. The Morgan fingerprint density at radius 3 is 2.60 bits per heavy atom. The SMILES string of the molecule is CSc1cn(C(C)C)nn1. The number of hydrogen-bond acceptors (Lipinski definition) is 3. The zero-order valence-corrected chi connectivity index (χ0v) is 7.22. The minimum atomic E-state index is 0.411. The molecule has 1 aromatic rings. The summed E-state index contributed by atoms with van der Waals surface area (Å²) in [6, 6.07) is 0.411. The fourth-order valence-electron chi connectivity index (χ4n) is 0.606. The van der Waals surface area contributed by atoms with Gasteiger partial charge in [0.15, 0.2) is 0 Å². The molecule has 0 amide bonds. The van der Waals surface area contributed by atoms with E-state index in [0.717, 1.165) is 5.03 Å². The highest BCUT2D eigenvalue weighted by atomic mass is 32.2. The molecule has 0 unspecified atom stereocenters. The van der Waals surface area contributed by atoms with Crippen LogP contribution in [0.2, 0.25) is 0 Å². The van der Waals surface area contributed by atoms with Crippen molar-refractivity contribution in [3.05, 3.63) is 6.20 Å². The van der Waals surface area contributed by atoms with Gasteiger partial charge in [0.1, 0.15) is 5.03 Å². The van der Waals surface area contributed by atoms with Gasteiger partial charge in [0, 0.05) is 6.04 Å². The second-order valence-electron chi connectivity index (χ2n) is 2.33. The van der Waals surface area contributed by atoms with Gasteiger partial charge in [0.2, 0.25) is 0 Å². The maximum Gasteiger partial charge on any atom is 0.138 e. The first-order valence-electron chi connectivity index (χ1n) is 3.20. The average Bonchev–Trinajstić information content (AvgIpc) is 2.34. The largest absolute Gasteiger partial charge is 0.249 e. The number of rotatable bonds is 2. The van der Waals surface area contributed by atoms with Crippen LogP contribution in [0.4, 0.5) is 0 Å². The predicted molar refractivity (Wildman–Crippen MR) is 42.2 cm³/mol. The summed E-state index contributed by atoms with van der Waals surface area (Å²) in [6.07, 6.45) is 3.95. The summed E-state index contributed by atoms with van der Waals surface area (Å²) in [5.41, 5.74) is 0. The highest BCUT2D eigenvalue weighted by molar-refractivity contribution is 7.98. The van der Waals surface area contributed by atoms with Gasteiger partial charge >= 0.3 is 0 Å². The third-order valence-electron chi connectivity index (χ3n) is 1.23. The van der Waals surface area contributed by atoms with Crippen LogP contribution in [-0.2, 0) is 0 Å². The molecule has 4 heteroatoms. The van der Waals surface area contributed by atoms with E-state index in [0.29, 0.717) is 6.04 Å². The Kier molecular flexibility index (Phi) is 2.32. The molecule has 0 N–H and O–H groups in total. The first-order chi connectivity index (χ1) is 4.74. The number of nitrogens with zero attached hydrogens (tertiary/aromatic N) is 3. The third kappa shape index (κ3) is 1.50. The second kappa shape index (κ2) is 3.05. The molecule has 10 heavy (non-hydrogen) atoms. The molecule has 0 bridgehead atoms. The van der Waals surface area contributed by atoms with Crippen LogP contribution in [0.3, 0.4) is 0 Å². The van der Waals surface area contributed by atoms with E-state index in [4.69, 9.17) is 0 Å². The molecule has 0 aliphatic rings. The number of hydrogen-bond donors (Lipinski definition) is 0. The standard InChI is InChI=1S/C6H11N3S/c1-5(2)9-4-6(10-3)7-8-9/h4-5H,1-3H3. The Morgan fingerprint density at radius 1 is 1.60 bits per heavy atom. The van der Waals surface area contributed by atoms with Crippen LogP contribution in [0, 0.1) is 0 Å². The van der Waals surface area contributed by atoms with Crippen molar-refractivity contribution in [3.63, 3.8) is 0 Å². The van der Waals surface area contributed by atoms with Crippen molar-refractivity contribution in [2.75, 3.05) is 6.26 Å². The Morgan fingerprint density at radius 2 is 2.30 bits per heavy atom. The molecule has 1 heterocycles. The van der Waals surface area contributed by atoms with Crippen LogP contribution in [0.5, 0.6) is 0 Å². The zero-order valence-electron chi connectivity index (χ0n) is 6.40. The summed E-state index contributed by atoms with van der Waals surface area (Å²) in [5, 5.41) is 8.84. The molecule has 0 spiro atoms. The van der Waals surface area contributed by atoms with E-state index in [1.165, 1.54) is 0 Å². The van der Waals surface area contributed by atoms with E-state index < -0.39 is 0 Å². The van der Waals surface area contributed by atoms with E-state index in [1.54, 1.807) is 11.8 Å². The Labute approximate surface area is 64.8 Å². The van der Waals surface area contributed by atoms with Gasteiger partial charge in [-0.2, -0.15) is 0 Å². The molecule has 1 rings (SSSR count). The molecule has 56 valence electrons. The van der Waals surface area contributed by atoms with Crippen molar-refractivity contribution in [2.45, 2.75) is 24.9 Å². The summed E-state index contributed by atoms with van der Waals surface area (Å²) < 4.78 is 1.85. The summed E-state index contributed by atoms with van der Waals surface area (Å²) in [4.78, 5) is 0. The molecule has 0 saturated heterocycles. The van der Waals surface area contributed by atoms with Gasteiger partial charge in [0.25, 0.3) is 0 Å². The van der Waals surface area contributed by atoms with Gasteiger partial charge in [-0.05, 0) is 20.1 Å². The number of thioether (sulfide) groups is 1. The van der Waals surface area contributed by atoms with Gasteiger partial charge in [-0.15, -0.1) is 16.9 Å². The fraction of sp³-hybridized carbons (Fsp3) is 0.667. The topological polar surface area (TPSA) is 30.7 Å². The minimum Gasteiger partial charge on any atom is -0.249 e. The Bertz CT molecular complexity index is 207. The van der Waals surface area contributed by atoms with Crippen molar-refractivity contribution in [3.8, 4) is 0 Å². The highest BCUT2D eigenvalue weighted by Gasteiger charge is 2.00. The van der Waals surface area contributed by atoms with E-state index in [2.05, 4.69) is 24.2 Å². The van der Waals surface area contributed by atoms with Crippen LogP contribution in [0.15, 0.2) is 11.2 Å². The summed E-state index contributed by atoms with van der Waals surface area (Å²) in [5.74, 6) is 0. The lowest BCUT2D eigenvalue weighted by Gasteiger charge is -2.00. The highest BCUT2D eigenvalue weighted by Crippen LogP contribution is 2.11. The molecule has 1 aromatic heterocycles. The van der Waals surface area contributed by atoms with Gasteiger partial charge < -0.3 is 0 Å². The van der Waals surface area contributed by atoms with Crippen molar-refractivity contribution in [1.82, 2.24) is 15.0 Å². The van der Waals surface area contributed by atoms with Crippen LogP contribution < -0.4 is 0 Å². The third-order valence-corrected chi connectivity index (χ3v) is 1.83. The minimum absolute atomic E-state index is 0.411. The molecule has 0 fully saturated rings. The zero-order chi connectivity index (χ0) is 7.56. The molecule has 0 radical (unpaired) electrons. The molecular weight excluding hydrogens is 146 g/mol. The summed E-state index contributed by atoms with van der Waals surface area (Å²) in [7, 11) is 0. The van der Waals surface area contributed by atoms with E-state index in [9.17, 15) is 0 Å². The summed E-state index contributed by atoms with van der Waals surface area (Å²) >= 11 is 1.61. The van der Waals surface area contributed by atoms with E-state index >= 15 is 0 Å². The van der Waals surface area contributed by atoms with Crippen LogP contribution >= 0.6 is 11.8 Å². The van der Waals surface area contributed by atoms with Crippen molar-refractivity contribution >= 4 is 11.8 Å². The van der Waals surface area contributed by atoms with E-state index in [-0.39, 0.29) is 0 Å². The van der Waals surface area contributed by atoms with Crippen LogP contribution in [-0.4, -0.2) is 21.2 Å². The average molecular weight is 157 g/mol. The van der Waals surface area contributed by atoms with Crippen molar-refractivity contribution in [2.24, 2.45) is 0 Å². The lowest BCUT2D eigenvalue weighted by molar-refractivity contribution is 0.514. The molecule has 0 aromatic carbocycles. The molecule has 0 saturated carbocycles. The first kappa shape index (κ1) is 7.60. The predicted octanol–water partition coefficient (Wildman–Crippen LogP) is 1.58. The maximum atomic E-state index is 3.93. The molecule has 0 aliphatic carbocycles. The van der Waals surface area contributed by atoms with Crippen molar-refractivity contribution in [1.29, 1.82) is 0 Å². The maximum absolute atomic E-state index is 3.93. The van der Waals surface area contributed by atoms with Gasteiger partial charge in [-0.3, -0.25) is 0 Å². The number of aromatic nitrogens is 3. The van der Waals surface area contributed by atoms with Crippen LogP contribution in [0.25, 0.3) is 0 Å².